The Bertz CT molecular complexity index is 931. The highest BCUT2D eigenvalue weighted by molar-refractivity contribution is 7.91. The number of hydrogen-bond acceptors (Lipinski definition) is 4. The number of benzene rings is 1. The summed E-state index contributed by atoms with van der Waals surface area (Å²) in [7, 11) is -3.55. The Balaban J connectivity index is 1.38. The van der Waals surface area contributed by atoms with Crippen molar-refractivity contribution in [2.24, 2.45) is 11.8 Å². The van der Waals surface area contributed by atoms with Crippen LogP contribution in [0, 0.1) is 11.8 Å². The molecular weight excluding hydrogens is 400 g/mol. The smallest absolute Gasteiger partial charge is 0.230 e. The molecule has 2 saturated carbocycles. The van der Waals surface area contributed by atoms with Crippen molar-refractivity contribution in [3.05, 3.63) is 23.8 Å². The van der Waals surface area contributed by atoms with Crippen molar-refractivity contribution in [2.75, 3.05) is 10.7 Å². The van der Waals surface area contributed by atoms with Crippen LogP contribution in [0.4, 0.5) is 5.69 Å². The van der Waals surface area contributed by atoms with Crippen LogP contribution in [0.5, 0.6) is 0 Å². The van der Waals surface area contributed by atoms with Gasteiger partial charge in [-0.05, 0) is 81.5 Å². The van der Waals surface area contributed by atoms with Crippen LogP contribution in [-0.2, 0) is 25.8 Å². The number of carbonyl (C=O) groups excluding carboxylic acids is 2. The zero-order chi connectivity index (χ0) is 21.5. The molecule has 164 valence electrons. The Morgan fingerprint density at radius 3 is 2.43 bits per heavy atom. The molecule has 1 atom stereocenters. The molecule has 0 unspecified atom stereocenters. The van der Waals surface area contributed by atoms with Crippen molar-refractivity contribution in [2.45, 2.75) is 82.2 Å². The molecule has 30 heavy (non-hydrogen) atoms. The second-order valence-electron chi connectivity index (χ2n) is 9.42. The van der Waals surface area contributed by atoms with Crippen LogP contribution in [0.15, 0.2) is 23.1 Å². The van der Waals surface area contributed by atoms with Crippen LogP contribution >= 0.6 is 0 Å². The van der Waals surface area contributed by atoms with E-state index in [1.54, 1.807) is 18.2 Å². The molecule has 3 aliphatic rings. The van der Waals surface area contributed by atoms with Gasteiger partial charge in [-0.2, -0.15) is 0 Å². The molecule has 0 aromatic heterocycles. The number of fused-ring (bicyclic) bond motifs is 1. The van der Waals surface area contributed by atoms with E-state index in [4.69, 9.17) is 0 Å². The van der Waals surface area contributed by atoms with Crippen molar-refractivity contribution in [1.82, 2.24) is 5.32 Å². The Hall–Kier alpha value is -1.89. The normalized spacial score (nSPS) is 26.3. The molecule has 2 aliphatic carbocycles. The topological polar surface area (TPSA) is 83.6 Å². The van der Waals surface area contributed by atoms with Gasteiger partial charge in [-0.25, -0.2) is 8.42 Å². The van der Waals surface area contributed by atoms with Gasteiger partial charge in [-0.3, -0.25) is 9.59 Å². The minimum absolute atomic E-state index is 0.0197. The van der Waals surface area contributed by atoms with E-state index in [0.29, 0.717) is 12.3 Å². The second kappa shape index (κ2) is 8.33. The van der Waals surface area contributed by atoms with Gasteiger partial charge in [0.05, 0.1) is 10.6 Å². The van der Waals surface area contributed by atoms with Gasteiger partial charge in [-0.15, -0.1) is 0 Å². The SMILES string of the molecule is CC1CCC(NC(=O)CCS(=O)(=O)c2ccc3c(c2)C[C@H](C)N3C(=O)C2CC2)CC1. The summed E-state index contributed by atoms with van der Waals surface area (Å²) < 4.78 is 25.7. The predicted molar refractivity (Wildman–Crippen MR) is 116 cm³/mol. The van der Waals surface area contributed by atoms with E-state index in [0.717, 1.165) is 49.8 Å². The molecule has 1 aromatic rings. The third-order valence-corrected chi connectivity index (χ3v) is 8.48. The largest absolute Gasteiger partial charge is 0.353 e. The first-order valence-electron chi connectivity index (χ1n) is 11.2. The van der Waals surface area contributed by atoms with Crippen LogP contribution in [0.3, 0.4) is 0 Å². The van der Waals surface area contributed by atoms with Gasteiger partial charge in [0, 0.05) is 30.1 Å². The maximum Gasteiger partial charge on any atom is 0.230 e. The minimum Gasteiger partial charge on any atom is -0.353 e. The molecule has 1 N–H and O–H groups in total. The van der Waals surface area contributed by atoms with E-state index in [1.807, 2.05) is 11.8 Å². The zero-order valence-corrected chi connectivity index (χ0v) is 18.7. The van der Waals surface area contributed by atoms with Crippen molar-refractivity contribution >= 4 is 27.3 Å². The number of sulfone groups is 1. The van der Waals surface area contributed by atoms with Gasteiger partial charge >= 0.3 is 0 Å². The molecule has 2 amide bonds. The van der Waals surface area contributed by atoms with Crippen LogP contribution in [0.25, 0.3) is 0 Å². The van der Waals surface area contributed by atoms with Gasteiger partial charge in [0.15, 0.2) is 9.84 Å². The number of nitrogens with zero attached hydrogens (tertiary/aromatic N) is 1. The average Bonchev–Trinajstić information content (AvgIpc) is 3.50. The molecule has 1 aromatic carbocycles. The Morgan fingerprint density at radius 2 is 1.77 bits per heavy atom. The maximum atomic E-state index is 12.8. The Labute approximate surface area is 179 Å². The van der Waals surface area contributed by atoms with Crippen molar-refractivity contribution in [1.29, 1.82) is 0 Å². The first kappa shape index (κ1) is 21.3. The van der Waals surface area contributed by atoms with Crippen molar-refractivity contribution < 1.29 is 18.0 Å². The summed E-state index contributed by atoms with van der Waals surface area (Å²) in [5, 5.41) is 3.00. The molecule has 1 aliphatic heterocycles. The fourth-order valence-electron chi connectivity index (χ4n) is 4.71. The number of carbonyl (C=O) groups is 2. The van der Waals surface area contributed by atoms with E-state index in [-0.39, 0.29) is 46.9 Å². The summed E-state index contributed by atoms with van der Waals surface area (Å²) in [5.41, 5.74) is 1.74. The van der Waals surface area contributed by atoms with Gasteiger partial charge in [0.2, 0.25) is 11.8 Å². The number of hydrogen-bond donors (Lipinski definition) is 1. The minimum atomic E-state index is -3.55. The lowest BCUT2D eigenvalue weighted by molar-refractivity contribution is -0.122. The lowest BCUT2D eigenvalue weighted by Gasteiger charge is -2.26. The van der Waals surface area contributed by atoms with E-state index in [9.17, 15) is 18.0 Å². The number of amides is 2. The van der Waals surface area contributed by atoms with E-state index in [1.165, 1.54) is 0 Å². The molecule has 0 bridgehead atoms. The highest BCUT2D eigenvalue weighted by Crippen LogP contribution is 2.39. The predicted octanol–water partition coefficient (Wildman–Crippen LogP) is 3.23. The third kappa shape index (κ3) is 4.56. The summed E-state index contributed by atoms with van der Waals surface area (Å²) in [5.74, 6) is 0.616. The highest BCUT2D eigenvalue weighted by atomic mass is 32.2. The van der Waals surface area contributed by atoms with Gasteiger partial charge in [0.1, 0.15) is 0 Å². The molecule has 0 radical (unpaired) electrons. The first-order chi connectivity index (χ1) is 14.2. The van der Waals surface area contributed by atoms with E-state index < -0.39 is 9.84 Å². The van der Waals surface area contributed by atoms with E-state index >= 15 is 0 Å². The van der Waals surface area contributed by atoms with Gasteiger partial charge in [-0.1, -0.05) is 6.92 Å². The van der Waals surface area contributed by atoms with Crippen molar-refractivity contribution in [3.63, 3.8) is 0 Å². The summed E-state index contributed by atoms with van der Waals surface area (Å²) in [6.45, 7) is 4.23. The fraction of sp³-hybridized carbons (Fsp3) is 0.652. The summed E-state index contributed by atoms with van der Waals surface area (Å²) in [4.78, 5) is 26.9. The van der Waals surface area contributed by atoms with Crippen molar-refractivity contribution in [3.8, 4) is 0 Å². The summed E-state index contributed by atoms with van der Waals surface area (Å²) >= 11 is 0. The molecule has 2 fully saturated rings. The standard InChI is InChI=1S/C23H32N2O4S/c1-15-3-7-19(8-4-15)24-22(26)11-12-30(28,29)20-9-10-21-18(14-20)13-16(2)25(21)23(27)17-5-6-17/h9-10,14-17,19H,3-8,11-13H2,1-2H3,(H,24,26)/t15?,16-,19?/m0/s1. The fourth-order valence-corrected chi connectivity index (χ4v) is 6.00. The molecule has 7 heteroatoms. The number of anilines is 1. The highest BCUT2D eigenvalue weighted by Gasteiger charge is 2.39. The molecular formula is C23H32N2O4S. The third-order valence-electron chi connectivity index (χ3n) is 6.77. The van der Waals surface area contributed by atoms with Crippen LogP contribution in [0.1, 0.15) is 64.4 Å². The monoisotopic (exact) mass is 432 g/mol. The molecule has 4 rings (SSSR count). The van der Waals surface area contributed by atoms with E-state index in [2.05, 4.69) is 12.2 Å². The van der Waals surface area contributed by atoms with Gasteiger partial charge < -0.3 is 10.2 Å². The van der Waals surface area contributed by atoms with Crippen LogP contribution in [-0.4, -0.2) is 38.1 Å². The lowest BCUT2D eigenvalue weighted by Crippen LogP contribution is -2.38. The van der Waals surface area contributed by atoms with Gasteiger partial charge in [0.25, 0.3) is 0 Å². The summed E-state index contributed by atoms with van der Waals surface area (Å²) in [6, 6.07) is 5.26. The van der Waals surface area contributed by atoms with Crippen LogP contribution < -0.4 is 10.2 Å². The Morgan fingerprint density at radius 1 is 1.07 bits per heavy atom. The van der Waals surface area contributed by atoms with Crippen LogP contribution in [0.2, 0.25) is 0 Å². The molecule has 0 saturated heterocycles. The molecule has 1 heterocycles. The maximum absolute atomic E-state index is 12.8. The summed E-state index contributed by atoms with van der Waals surface area (Å²) in [6.07, 6.45) is 6.70. The average molecular weight is 433 g/mol. The Kier molecular flexibility index (Phi) is 5.93. The second-order valence-corrected chi connectivity index (χ2v) is 11.5. The quantitative estimate of drug-likeness (QED) is 0.748. The lowest BCUT2D eigenvalue weighted by atomic mass is 9.87. The number of nitrogens with one attached hydrogen (secondary N) is 1. The zero-order valence-electron chi connectivity index (χ0n) is 17.9. The molecule has 0 spiro atoms. The first-order valence-corrected chi connectivity index (χ1v) is 12.9. The molecule has 6 nitrogen and oxygen atoms in total. The number of rotatable bonds is 6.